The van der Waals surface area contributed by atoms with Crippen LogP contribution in [0, 0.1) is 0 Å². The molecular weight excluding hydrogens is 284 g/mol. The Hall–Kier alpha value is -0.870. The van der Waals surface area contributed by atoms with Crippen LogP contribution in [0.4, 0.5) is 0 Å². The van der Waals surface area contributed by atoms with Gasteiger partial charge in [-0.05, 0) is 35.8 Å². The van der Waals surface area contributed by atoms with Crippen molar-refractivity contribution in [2.24, 2.45) is 0 Å². The van der Waals surface area contributed by atoms with Crippen molar-refractivity contribution in [3.63, 3.8) is 0 Å². The molecule has 1 aromatic carbocycles. The molecule has 0 aliphatic carbocycles. The summed E-state index contributed by atoms with van der Waals surface area (Å²) in [7, 11) is -3.12. The van der Waals surface area contributed by atoms with E-state index in [1.54, 1.807) is 0 Å². The topological polar surface area (TPSA) is 54.4 Å². The van der Waals surface area contributed by atoms with Crippen molar-refractivity contribution in [1.82, 2.24) is 0 Å². The summed E-state index contributed by atoms with van der Waals surface area (Å²) in [5.74, 6) is 0.220. The summed E-state index contributed by atoms with van der Waals surface area (Å²) in [6, 6.07) is 8.13. The van der Waals surface area contributed by atoms with E-state index in [9.17, 15) is 13.5 Å². The van der Waals surface area contributed by atoms with Crippen molar-refractivity contribution in [3.05, 3.63) is 35.4 Å². The van der Waals surface area contributed by atoms with Gasteiger partial charge in [0.1, 0.15) is 0 Å². The lowest BCUT2D eigenvalue weighted by atomic mass is 9.86. The summed E-state index contributed by atoms with van der Waals surface area (Å²) in [6.07, 6.45) is 1.82. The van der Waals surface area contributed by atoms with E-state index in [-0.39, 0.29) is 11.2 Å². The van der Waals surface area contributed by atoms with Crippen LogP contribution in [0.2, 0.25) is 0 Å². The van der Waals surface area contributed by atoms with Gasteiger partial charge >= 0.3 is 0 Å². The Labute approximate surface area is 128 Å². The number of hydrogen-bond acceptors (Lipinski definition) is 3. The molecular formula is C17H26O3S. The van der Waals surface area contributed by atoms with Crippen LogP contribution in [0.25, 0.3) is 0 Å². The van der Waals surface area contributed by atoms with Crippen LogP contribution < -0.4 is 0 Å². The highest BCUT2D eigenvalue weighted by Crippen LogP contribution is 2.26. The van der Waals surface area contributed by atoms with Gasteiger partial charge in [0.25, 0.3) is 0 Å². The van der Waals surface area contributed by atoms with E-state index in [2.05, 4.69) is 32.9 Å². The second-order valence-electron chi connectivity index (χ2n) is 7.12. The van der Waals surface area contributed by atoms with Gasteiger partial charge < -0.3 is 5.11 Å². The average Bonchev–Trinajstić information content (AvgIpc) is 2.37. The van der Waals surface area contributed by atoms with Gasteiger partial charge in [0.15, 0.2) is 9.84 Å². The zero-order valence-electron chi connectivity index (χ0n) is 13.2. The highest BCUT2D eigenvalue weighted by molar-refractivity contribution is 7.92. The minimum absolute atomic E-state index is 0.101. The molecule has 1 aliphatic heterocycles. The molecule has 0 bridgehead atoms. The molecule has 1 aliphatic rings. The highest BCUT2D eigenvalue weighted by atomic mass is 32.2. The van der Waals surface area contributed by atoms with E-state index in [0.29, 0.717) is 12.8 Å². The van der Waals surface area contributed by atoms with Crippen LogP contribution in [-0.4, -0.2) is 30.6 Å². The van der Waals surface area contributed by atoms with Crippen molar-refractivity contribution in [2.75, 3.05) is 5.75 Å². The largest absolute Gasteiger partial charge is 0.391 e. The summed E-state index contributed by atoms with van der Waals surface area (Å²) < 4.78 is 24.1. The number of benzene rings is 1. The minimum Gasteiger partial charge on any atom is -0.391 e. The molecule has 2 unspecified atom stereocenters. The molecule has 2 rings (SSSR count). The summed E-state index contributed by atoms with van der Waals surface area (Å²) in [6.45, 7) is 6.47. The van der Waals surface area contributed by atoms with Crippen molar-refractivity contribution in [2.45, 2.75) is 63.2 Å². The average molecular weight is 310 g/mol. The van der Waals surface area contributed by atoms with Gasteiger partial charge in [-0.1, -0.05) is 51.5 Å². The van der Waals surface area contributed by atoms with Gasteiger partial charge in [-0.3, -0.25) is 0 Å². The lowest BCUT2D eigenvalue weighted by molar-refractivity contribution is 0.162. The molecule has 0 radical (unpaired) electrons. The number of hydrogen-bond donors (Lipinski definition) is 1. The Morgan fingerprint density at radius 2 is 1.81 bits per heavy atom. The SMILES string of the molecule is CC(C)(C)c1ccc(CC(O)C2CCCCS2(=O)=O)cc1. The van der Waals surface area contributed by atoms with Gasteiger partial charge in [-0.2, -0.15) is 0 Å². The molecule has 3 nitrogen and oxygen atoms in total. The molecule has 1 N–H and O–H groups in total. The van der Waals surface area contributed by atoms with Crippen LogP contribution in [-0.2, 0) is 21.7 Å². The van der Waals surface area contributed by atoms with Gasteiger partial charge in [-0.25, -0.2) is 8.42 Å². The predicted octanol–water partition coefficient (Wildman–Crippen LogP) is 2.85. The first-order chi connectivity index (χ1) is 9.70. The molecule has 0 saturated carbocycles. The summed E-state index contributed by atoms with van der Waals surface area (Å²) >= 11 is 0. The van der Waals surface area contributed by atoms with Crippen LogP contribution in [0.3, 0.4) is 0 Å². The third-order valence-corrected chi connectivity index (χ3v) is 6.65. The molecule has 118 valence electrons. The lowest BCUT2D eigenvalue weighted by Gasteiger charge is -2.27. The van der Waals surface area contributed by atoms with Crippen LogP contribution in [0.5, 0.6) is 0 Å². The van der Waals surface area contributed by atoms with E-state index >= 15 is 0 Å². The number of aliphatic hydroxyl groups is 1. The normalized spacial score (nSPS) is 23.7. The Morgan fingerprint density at radius 1 is 1.19 bits per heavy atom. The van der Waals surface area contributed by atoms with Crippen LogP contribution >= 0.6 is 0 Å². The second kappa shape index (κ2) is 6.09. The Morgan fingerprint density at radius 3 is 2.33 bits per heavy atom. The molecule has 0 aromatic heterocycles. The van der Waals surface area contributed by atoms with Crippen molar-refractivity contribution in [3.8, 4) is 0 Å². The Kier molecular flexibility index (Phi) is 4.79. The van der Waals surface area contributed by atoms with Crippen molar-refractivity contribution < 1.29 is 13.5 Å². The molecule has 1 saturated heterocycles. The zero-order chi connectivity index (χ0) is 15.7. The first-order valence-electron chi connectivity index (χ1n) is 7.69. The predicted molar refractivity (Wildman–Crippen MR) is 86.3 cm³/mol. The Balaban J connectivity index is 2.07. The molecule has 21 heavy (non-hydrogen) atoms. The third-order valence-electron chi connectivity index (χ3n) is 4.32. The van der Waals surface area contributed by atoms with E-state index in [4.69, 9.17) is 0 Å². The molecule has 1 aromatic rings. The fourth-order valence-electron chi connectivity index (χ4n) is 2.93. The fraction of sp³-hybridized carbons (Fsp3) is 0.647. The molecule has 1 fully saturated rings. The first-order valence-corrected chi connectivity index (χ1v) is 9.41. The minimum atomic E-state index is -3.12. The third kappa shape index (κ3) is 4.07. The van der Waals surface area contributed by atoms with E-state index in [1.807, 2.05) is 12.1 Å². The van der Waals surface area contributed by atoms with Gasteiger partial charge in [0.05, 0.1) is 17.1 Å². The van der Waals surface area contributed by atoms with E-state index in [0.717, 1.165) is 18.4 Å². The van der Waals surface area contributed by atoms with Crippen molar-refractivity contribution in [1.29, 1.82) is 0 Å². The molecule has 1 heterocycles. The smallest absolute Gasteiger partial charge is 0.155 e. The summed E-state index contributed by atoms with van der Waals surface area (Å²) in [5, 5.41) is 9.72. The number of rotatable bonds is 3. The quantitative estimate of drug-likeness (QED) is 0.934. The van der Waals surface area contributed by atoms with Gasteiger partial charge in [0.2, 0.25) is 0 Å². The Bertz CT molecular complexity index is 567. The summed E-state index contributed by atoms with van der Waals surface area (Å²) in [4.78, 5) is 0. The fourth-order valence-corrected chi connectivity index (χ4v) is 4.94. The number of aliphatic hydroxyl groups excluding tert-OH is 1. The first kappa shape index (κ1) is 16.5. The summed E-state index contributed by atoms with van der Waals surface area (Å²) in [5.41, 5.74) is 2.34. The van der Waals surface area contributed by atoms with Gasteiger partial charge in [-0.15, -0.1) is 0 Å². The number of sulfone groups is 1. The maximum absolute atomic E-state index is 12.0. The lowest BCUT2D eigenvalue weighted by Crippen LogP contribution is -2.39. The maximum atomic E-state index is 12.0. The highest BCUT2D eigenvalue weighted by Gasteiger charge is 2.34. The molecule has 0 spiro atoms. The second-order valence-corrected chi connectivity index (χ2v) is 9.46. The zero-order valence-corrected chi connectivity index (χ0v) is 14.0. The van der Waals surface area contributed by atoms with Gasteiger partial charge in [0, 0.05) is 0 Å². The molecule has 4 heteroatoms. The monoisotopic (exact) mass is 310 g/mol. The molecule has 2 atom stereocenters. The maximum Gasteiger partial charge on any atom is 0.155 e. The molecule has 0 amide bonds. The van der Waals surface area contributed by atoms with E-state index in [1.165, 1.54) is 5.56 Å². The van der Waals surface area contributed by atoms with E-state index < -0.39 is 21.2 Å². The van der Waals surface area contributed by atoms with Crippen LogP contribution in [0.15, 0.2) is 24.3 Å². The van der Waals surface area contributed by atoms with Crippen LogP contribution in [0.1, 0.15) is 51.2 Å². The van der Waals surface area contributed by atoms with Crippen molar-refractivity contribution >= 4 is 9.84 Å². The standard InChI is InChI=1S/C17H26O3S/c1-17(2,3)14-9-7-13(8-10-14)12-15(18)16-6-4-5-11-21(16,19)20/h7-10,15-16,18H,4-6,11-12H2,1-3H3.